The molecule has 0 aromatic rings. The van der Waals surface area contributed by atoms with Crippen LogP contribution in [-0.4, -0.2) is 40.4 Å². The molecule has 0 amide bonds. The zero-order chi connectivity index (χ0) is 8.85. The summed E-state index contributed by atoms with van der Waals surface area (Å²) >= 11 is 0. The van der Waals surface area contributed by atoms with Crippen molar-refractivity contribution in [2.75, 3.05) is 19.1 Å². The quantitative estimate of drug-likeness (QED) is 0.593. The van der Waals surface area contributed by atoms with Crippen LogP contribution in [0.15, 0.2) is 0 Å². The minimum atomic E-state index is -0.908. The van der Waals surface area contributed by atoms with E-state index in [1.165, 1.54) is 0 Å². The van der Waals surface area contributed by atoms with Crippen LogP contribution in [0.25, 0.3) is 0 Å². The standard InChI is InChI=1S/C6H13NO3S/c1-7-5(6(8)9)3-4-11(2)10/h5,7H,3-4H2,1-2H3,(H,8,9)/t5-,11+/m0/s1. The Morgan fingerprint density at radius 2 is 2.27 bits per heavy atom. The van der Waals surface area contributed by atoms with E-state index in [4.69, 9.17) is 5.11 Å². The molecule has 0 aliphatic carbocycles. The van der Waals surface area contributed by atoms with Crippen molar-refractivity contribution in [1.29, 1.82) is 0 Å². The van der Waals surface area contributed by atoms with E-state index in [0.29, 0.717) is 12.2 Å². The first kappa shape index (κ1) is 10.6. The van der Waals surface area contributed by atoms with Crippen LogP contribution in [0.1, 0.15) is 6.42 Å². The lowest BCUT2D eigenvalue weighted by molar-refractivity contribution is -0.139. The van der Waals surface area contributed by atoms with Gasteiger partial charge in [0.05, 0.1) is 0 Å². The van der Waals surface area contributed by atoms with E-state index in [2.05, 4.69) is 5.32 Å². The summed E-state index contributed by atoms with van der Waals surface area (Å²) in [6.45, 7) is 0. The van der Waals surface area contributed by atoms with Gasteiger partial charge >= 0.3 is 5.97 Å². The predicted molar refractivity (Wildman–Crippen MR) is 44.0 cm³/mol. The normalized spacial score (nSPS) is 15.8. The summed E-state index contributed by atoms with van der Waals surface area (Å²) in [5.74, 6) is -0.462. The molecule has 0 rings (SSSR count). The maximum Gasteiger partial charge on any atom is 0.320 e. The van der Waals surface area contributed by atoms with Gasteiger partial charge < -0.3 is 10.4 Å². The largest absolute Gasteiger partial charge is 0.480 e. The molecule has 0 aromatic carbocycles. The molecule has 0 unspecified atom stereocenters. The molecule has 2 N–H and O–H groups in total. The molecule has 0 aliphatic heterocycles. The van der Waals surface area contributed by atoms with Crippen LogP contribution < -0.4 is 5.32 Å². The fraction of sp³-hybridized carbons (Fsp3) is 0.833. The second-order valence-corrected chi connectivity index (χ2v) is 3.80. The average molecular weight is 179 g/mol. The van der Waals surface area contributed by atoms with Crippen molar-refractivity contribution in [1.82, 2.24) is 5.32 Å². The first-order valence-corrected chi connectivity index (χ1v) is 5.00. The summed E-state index contributed by atoms with van der Waals surface area (Å²) < 4.78 is 10.6. The summed E-state index contributed by atoms with van der Waals surface area (Å²) in [5.41, 5.74) is 0. The highest BCUT2D eigenvalue weighted by Gasteiger charge is 2.14. The fourth-order valence-electron chi connectivity index (χ4n) is 0.675. The summed E-state index contributed by atoms with van der Waals surface area (Å²) in [4.78, 5) is 10.4. The Balaban J connectivity index is 3.70. The third-order valence-corrected chi connectivity index (χ3v) is 2.15. The van der Waals surface area contributed by atoms with Gasteiger partial charge in [0.2, 0.25) is 0 Å². The van der Waals surface area contributed by atoms with Gasteiger partial charge in [-0.05, 0) is 13.5 Å². The molecule has 66 valence electrons. The molecule has 0 spiro atoms. The highest BCUT2D eigenvalue weighted by atomic mass is 32.2. The average Bonchev–Trinajstić information content (AvgIpc) is 1.87. The van der Waals surface area contributed by atoms with Crippen molar-refractivity contribution < 1.29 is 14.1 Å². The van der Waals surface area contributed by atoms with Crippen LogP contribution in [0.4, 0.5) is 0 Å². The van der Waals surface area contributed by atoms with Gasteiger partial charge in [-0.25, -0.2) is 0 Å². The van der Waals surface area contributed by atoms with Crippen LogP contribution in [-0.2, 0) is 15.6 Å². The second kappa shape index (κ2) is 5.26. The Labute approximate surface area is 68.4 Å². The molecular weight excluding hydrogens is 166 g/mol. The molecule has 0 saturated heterocycles. The Kier molecular flexibility index (Phi) is 5.06. The number of rotatable bonds is 5. The summed E-state index contributed by atoms with van der Waals surface area (Å²) in [7, 11) is 0.673. The molecule has 2 atom stereocenters. The number of carboxylic acids is 1. The second-order valence-electron chi connectivity index (χ2n) is 2.25. The smallest absolute Gasteiger partial charge is 0.320 e. The first-order valence-electron chi connectivity index (χ1n) is 3.28. The van der Waals surface area contributed by atoms with Crippen molar-refractivity contribution in [3.05, 3.63) is 0 Å². The van der Waals surface area contributed by atoms with Gasteiger partial charge in [-0.1, -0.05) is 0 Å². The van der Waals surface area contributed by atoms with E-state index in [1.54, 1.807) is 13.3 Å². The van der Waals surface area contributed by atoms with Gasteiger partial charge in [0.15, 0.2) is 0 Å². The third-order valence-electron chi connectivity index (χ3n) is 1.34. The van der Waals surface area contributed by atoms with Crippen LogP contribution in [0.3, 0.4) is 0 Å². The Morgan fingerprint density at radius 3 is 2.55 bits per heavy atom. The van der Waals surface area contributed by atoms with Gasteiger partial charge in [-0.3, -0.25) is 9.00 Å². The lowest BCUT2D eigenvalue weighted by Crippen LogP contribution is -2.34. The number of aliphatic carboxylic acids is 1. The highest BCUT2D eigenvalue weighted by molar-refractivity contribution is 7.84. The predicted octanol–water partition coefficient (Wildman–Crippen LogP) is -0.572. The van der Waals surface area contributed by atoms with E-state index in [-0.39, 0.29) is 0 Å². The molecule has 0 aromatic heterocycles. The van der Waals surface area contributed by atoms with Crippen LogP contribution in [0, 0.1) is 0 Å². The molecule has 0 aliphatic rings. The van der Waals surface area contributed by atoms with E-state index in [9.17, 15) is 9.00 Å². The van der Waals surface area contributed by atoms with Crippen molar-refractivity contribution in [2.45, 2.75) is 12.5 Å². The number of likely N-dealkylation sites (N-methyl/N-ethyl adjacent to an activating group) is 1. The number of carbonyl (C=O) groups is 1. The minimum absolute atomic E-state index is 0.412. The van der Waals surface area contributed by atoms with Crippen molar-refractivity contribution >= 4 is 16.8 Å². The first-order chi connectivity index (χ1) is 5.07. The maximum absolute atomic E-state index is 10.6. The molecule has 0 radical (unpaired) electrons. The monoisotopic (exact) mass is 179 g/mol. The van der Waals surface area contributed by atoms with Crippen molar-refractivity contribution in [3.63, 3.8) is 0 Å². The van der Waals surface area contributed by atoms with Gasteiger partial charge in [0.1, 0.15) is 6.04 Å². The molecule has 0 heterocycles. The SMILES string of the molecule is CN[C@@H](CC[S@@](C)=O)C(=O)O. The molecule has 5 heteroatoms. The van der Waals surface area contributed by atoms with Gasteiger partial charge in [-0.2, -0.15) is 0 Å². The summed E-state index contributed by atoms with van der Waals surface area (Å²) in [5, 5.41) is 11.1. The number of hydrogen-bond donors (Lipinski definition) is 2. The highest BCUT2D eigenvalue weighted by Crippen LogP contribution is 1.92. The summed E-state index contributed by atoms with van der Waals surface area (Å²) in [6.07, 6.45) is 1.98. The van der Waals surface area contributed by atoms with Crippen LogP contribution >= 0.6 is 0 Å². The van der Waals surface area contributed by atoms with Gasteiger partial charge in [0, 0.05) is 22.8 Å². The van der Waals surface area contributed by atoms with E-state index >= 15 is 0 Å². The van der Waals surface area contributed by atoms with Crippen LogP contribution in [0.5, 0.6) is 0 Å². The maximum atomic E-state index is 10.6. The van der Waals surface area contributed by atoms with Crippen molar-refractivity contribution in [2.24, 2.45) is 0 Å². The number of hydrogen-bond acceptors (Lipinski definition) is 3. The zero-order valence-electron chi connectivity index (χ0n) is 6.66. The van der Waals surface area contributed by atoms with E-state index < -0.39 is 22.8 Å². The molecule has 11 heavy (non-hydrogen) atoms. The van der Waals surface area contributed by atoms with Gasteiger partial charge in [-0.15, -0.1) is 0 Å². The molecule has 0 bridgehead atoms. The van der Waals surface area contributed by atoms with E-state index in [0.717, 1.165) is 0 Å². The molecule has 0 fully saturated rings. The van der Waals surface area contributed by atoms with Crippen molar-refractivity contribution in [3.8, 4) is 0 Å². The molecule has 0 saturated carbocycles. The fourth-order valence-corrected chi connectivity index (χ4v) is 1.24. The number of carboxylic acid groups (broad SMARTS) is 1. The molecular formula is C6H13NO3S. The van der Waals surface area contributed by atoms with Crippen LogP contribution in [0.2, 0.25) is 0 Å². The topological polar surface area (TPSA) is 66.4 Å². The van der Waals surface area contributed by atoms with E-state index in [1.807, 2.05) is 0 Å². The lowest BCUT2D eigenvalue weighted by Gasteiger charge is -2.08. The molecule has 4 nitrogen and oxygen atoms in total. The Morgan fingerprint density at radius 1 is 1.73 bits per heavy atom. The minimum Gasteiger partial charge on any atom is -0.480 e. The zero-order valence-corrected chi connectivity index (χ0v) is 7.48. The number of nitrogens with one attached hydrogen (secondary N) is 1. The Hall–Kier alpha value is -0.420. The lowest BCUT2D eigenvalue weighted by atomic mass is 10.2. The van der Waals surface area contributed by atoms with Gasteiger partial charge in [0.25, 0.3) is 0 Å². The third kappa shape index (κ3) is 4.92. The Bertz CT molecular complexity index is 160. The summed E-state index contributed by atoms with van der Waals surface area (Å²) in [6, 6.07) is -0.570.